The van der Waals surface area contributed by atoms with Gasteiger partial charge in [0.05, 0.1) is 23.3 Å². The quantitative estimate of drug-likeness (QED) is 0.520. The average Bonchev–Trinajstić information content (AvgIpc) is 3.41. The normalized spacial score (nSPS) is 16.3. The first-order valence-corrected chi connectivity index (χ1v) is 10.8. The second kappa shape index (κ2) is 7.00. The molecule has 1 atom stereocenters. The molecule has 0 aliphatic carbocycles. The van der Waals surface area contributed by atoms with E-state index in [1.807, 2.05) is 40.6 Å². The number of thiophene rings is 2. The molecular weight excluding hydrogens is 390 g/mol. The lowest BCUT2D eigenvalue weighted by Gasteiger charge is -2.35. The molecule has 1 aromatic carbocycles. The van der Waals surface area contributed by atoms with Crippen LogP contribution in [0.25, 0.3) is 11.0 Å². The molecule has 1 aliphatic rings. The second-order valence-electron chi connectivity index (χ2n) is 6.73. The summed E-state index contributed by atoms with van der Waals surface area (Å²) in [5.74, 6) is -0.0475. The van der Waals surface area contributed by atoms with E-state index in [4.69, 9.17) is 0 Å². The van der Waals surface area contributed by atoms with Crippen molar-refractivity contribution in [1.29, 1.82) is 0 Å². The van der Waals surface area contributed by atoms with E-state index in [2.05, 4.69) is 22.5 Å². The first-order valence-electron chi connectivity index (χ1n) is 9.06. The Labute approximate surface area is 169 Å². The van der Waals surface area contributed by atoms with Crippen molar-refractivity contribution in [2.75, 3.05) is 6.54 Å². The molecule has 0 bridgehead atoms. The van der Waals surface area contributed by atoms with Crippen LogP contribution in [0.2, 0.25) is 0 Å². The maximum atomic E-state index is 13.4. The van der Waals surface area contributed by atoms with Gasteiger partial charge in [-0.15, -0.1) is 22.7 Å². The average molecular weight is 408 g/mol. The Morgan fingerprint density at radius 2 is 2.00 bits per heavy atom. The Kier molecular flexibility index (Phi) is 4.33. The summed E-state index contributed by atoms with van der Waals surface area (Å²) in [4.78, 5) is 34.4. The minimum Gasteiger partial charge on any atom is -0.329 e. The van der Waals surface area contributed by atoms with Gasteiger partial charge in [-0.2, -0.15) is 0 Å². The van der Waals surface area contributed by atoms with Gasteiger partial charge >= 0.3 is 0 Å². The first kappa shape index (κ1) is 17.3. The standard InChI is InChI=1S/C21H17N3O2S2/c25-19-12-22-15-4-1-2-5-16(15)24(19)13-20(26)23-9-7-17-14(8-11-28-17)21(23)18-6-3-10-27-18/h1-6,8,10-12,21H,7,9,13H2/t21-/m1/s1. The Bertz CT molecular complexity index is 1210. The largest absolute Gasteiger partial charge is 0.329 e. The molecule has 7 heteroatoms. The van der Waals surface area contributed by atoms with Crippen LogP contribution in [0.5, 0.6) is 0 Å². The maximum absolute atomic E-state index is 13.4. The molecule has 0 saturated heterocycles. The van der Waals surface area contributed by atoms with Crippen LogP contribution in [0.4, 0.5) is 0 Å². The van der Waals surface area contributed by atoms with Crippen molar-refractivity contribution < 1.29 is 4.79 Å². The third-order valence-corrected chi connectivity index (χ3v) is 7.07. The maximum Gasteiger partial charge on any atom is 0.269 e. The first-order chi connectivity index (χ1) is 13.7. The van der Waals surface area contributed by atoms with Crippen molar-refractivity contribution in [1.82, 2.24) is 14.5 Å². The van der Waals surface area contributed by atoms with E-state index in [-0.39, 0.29) is 24.1 Å². The van der Waals surface area contributed by atoms with Gasteiger partial charge in [0.25, 0.3) is 5.56 Å². The number of hydrogen-bond donors (Lipinski definition) is 0. The van der Waals surface area contributed by atoms with Gasteiger partial charge in [-0.25, -0.2) is 4.98 Å². The number of fused-ring (bicyclic) bond motifs is 2. The lowest BCUT2D eigenvalue weighted by molar-refractivity contribution is -0.133. The zero-order valence-electron chi connectivity index (χ0n) is 14.9. The van der Waals surface area contributed by atoms with Crippen LogP contribution in [0, 0.1) is 0 Å². The number of rotatable bonds is 3. The van der Waals surface area contributed by atoms with Crippen LogP contribution in [0.1, 0.15) is 21.4 Å². The van der Waals surface area contributed by atoms with Crippen LogP contribution in [0.3, 0.4) is 0 Å². The van der Waals surface area contributed by atoms with Gasteiger partial charge in [0.1, 0.15) is 6.54 Å². The lowest BCUT2D eigenvalue weighted by Crippen LogP contribution is -2.42. The summed E-state index contributed by atoms with van der Waals surface area (Å²) in [5.41, 5.74) is 2.35. The molecule has 4 heterocycles. The fraction of sp³-hybridized carbons (Fsp3) is 0.190. The van der Waals surface area contributed by atoms with Gasteiger partial charge < -0.3 is 4.90 Å². The van der Waals surface area contributed by atoms with Gasteiger partial charge in [-0.3, -0.25) is 14.2 Å². The Morgan fingerprint density at radius 3 is 2.86 bits per heavy atom. The molecule has 0 saturated carbocycles. The SMILES string of the molecule is O=C(Cn1c(=O)cnc2ccccc21)N1CCc2sccc2[C@@H]1c1cccs1. The minimum absolute atomic E-state index is 0.0171. The van der Waals surface area contributed by atoms with Gasteiger partial charge in [-0.05, 0) is 47.0 Å². The van der Waals surface area contributed by atoms with E-state index >= 15 is 0 Å². The van der Waals surface area contributed by atoms with Crippen molar-refractivity contribution in [2.24, 2.45) is 0 Å². The topological polar surface area (TPSA) is 55.2 Å². The number of nitrogens with zero attached hydrogens (tertiary/aromatic N) is 3. The Balaban J connectivity index is 1.54. The van der Waals surface area contributed by atoms with Crippen molar-refractivity contribution in [3.63, 3.8) is 0 Å². The van der Waals surface area contributed by atoms with Gasteiger partial charge in [-0.1, -0.05) is 18.2 Å². The summed E-state index contributed by atoms with van der Waals surface area (Å²) >= 11 is 3.41. The summed E-state index contributed by atoms with van der Waals surface area (Å²) in [6, 6.07) is 13.6. The molecule has 0 N–H and O–H groups in total. The molecule has 28 heavy (non-hydrogen) atoms. The number of para-hydroxylation sites is 2. The second-order valence-corrected chi connectivity index (χ2v) is 8.71. The minimum atomic E-state index is -0.257. The van der Waals surface area contributed by atoms with Crippen LogP contribution in [0.15, 0.2) is 64.2 Å². The summed E-state index contributed by atoms with van der Waals surface area (Å²) in [5, 5.41) is 4.14. The monoisotopic (exact) mass is 407 g/mol. The molecular formula is C21H17N3O2S2. The molecule has 1 amide bonds. The number of carbonyl (C=O) groups excluding carboxylic acids is 1. The highest BCUT2D eigenvalue weighted by Crippen LogP contribution is 2.39. The van der Waals surface area contributed by atoms with E-state index in [0.717, 1.165) is 11.3 Å². The summed E-state index contributed by atoms with van der Waals surface area (Å²) in [7, 11) is 0. The Morgan fingerprint density at radius 1 is 1.11 bits per heavy atom. The van der Waals surface area contributed by atoms with Crippen molar-refractivity contribution in [3.05, 3.63) is 85.1 Å². The number of aromatic nitrogens is 2. The molecule has 1 aliphatic heterocycles. The predicted molar refractivity (Wildman–Crippen MR) is 112 cm³/mol. The molecule has 140 valence electrons. The van der Waals surface area contributed by atoms with Gasteiger partial charge in [0.15, 0.2) is 0 Å². The van der Waals surface area contributed by atoms with Crippen LogP contribution >= 0.6 is 22.7 Å². The highest BCUT2D eigenvalue weighted by atomic mass is 32.1. The van der Waals surface area contributed by atoms with E-state index in [9.17, 15) is 9.59 Å². The molecule has 0 radical (unpaired) electrons. The van der Waals surface area contributed by atoms with Gasteiger partial charge in [0.2, 0.25) is 5.91 Å². The predicted octanol–water partition coefficient (Wildman–Crippen LogP) is 3.69. The molecule has 5 rings (SSSR count). The summed E-state index contributed by atoms with van der Waals surface area (Å²) in [6.07, 6.45) is 2.14. The molecule has 3 aromatic heterocycles. The van der Waals surface area contributed by atoms with Crippen molar-refractivity contribution in [3.8, 4) is 0 Å². The van der Waals surface area contributed by atoms with Crippen molar-refractivity contribution >= 4 is 39.6 Å². The number of hydrogen-bond acceptors (Lipinski definition) is 5. The highest BCUT2D eigenvalue weighted by Gasteiger charge is 2.33. The summed E-state index contributed by atoms with van der Waals surface area (Å²) < 4.78 is 1.53. The highest BCUT2D eigenvalue weighted by molar-refractivity contribution is 7.10. The van der Waals surface area contributed by atoms with Crippen LogP contribution in [-0.4, -0.2) is 26.9 Å². The smallest absolute Gasteiger partial charge is 0.269 e. The zero-order valence-corrected chi connectivity index (χ0v) is 16.6. The fourth-order valence-electron chi connectivity index (χ4n) is 3.84. The summed E-state index contributed by atoms with van der Waals surface area (Å²) in [6.45, 7) is 0.676. The van der Waals surface area contributed by atoms with E-state index < -0.39 is 0 Å². The lowest BCUT2D eigenvalue weighted by atomic mass is 9.98. The number of benzene rings is 1. The van der Waals surface area contributed by atoms with E-state index in [1.54, 1.807) is 22.7 Å². The van der Waals surface area contributed by atoms with Gasteiger partial charge in [0, 0.05) is 16.3 Å². The molecule has 0 unspecified atom stereocenters. The van der Waals surface area contributed by atoms with Crippen molar-refractivity contribution in [2.45, 2.75) is 19.0 Å². The molecule has 0 fully saturated rings. The fourth-order valence-corrected chi connectivity index (χ4v) is 5.60. The van der Waals surface area contributed by atoms with Crippen LogP contribution < -0.4 is 5.56 Å². The van der Waals surface area contributed by atoms with Crippen LogP contribution in [-0.2, 0) is 17.8 Å². The number of amides is 1. The molecule has 5 nitrogen and oxygen atoms in total. The molecule has 4 aromatic rings. The molecule has 0 spiro atoms. The van der Waals surface area contributed by atoms with E-state index in [1.165, 1.54) is 21.2 Å². The third-order valence-electron chi connectivity index (χ3n) is 5.14. The van der Waals surface area contributed by atoms with E-state index in [0.29, 0.717) is 17.6 Å². The third kappa shape index (κ3) is 2.87. The number of carbonyl (C=O) groups is 1. The Hall–Kier alpha value is -2.77. The zero-order chi connectivity index (χ0) is 19.1.